The van der Waals surface area contributed by atoms with Crippen LogP contribution in [0, 0.1) is 11.3 Å². The fraction of sp³-hybridized carbons (Fsp3) is 0.160. The summed E-state index contributed by atoms with van der Waals surface area (Å²) in [5, 5.41) is 3.67. The molecule has 2 aliphatic carbocycles. The van der Waals surface area contributed by atoms with Gasteiger partial charge < -0.3 is 10.2 Å². The van der Waals surface area contributed by atoms with E-state index in [4.69, 9.17) is 0 Å². The van der Waals surface area contributed by atoms with Gasteiger partial charge in [0, 0.05) is 34.0 Å². The van der Waals surface area contributed by atoms with E-state index in [1.54, 1.807) is 0 Å². The maximum absolute atomic E-state index is 4.33. The summed E-state index contributed by atoms with van der Waals surface area (Å²) in [7, 11) is 0. The number of benzene rings is 4. The van der Waals surface area contributed by atoms with Crippen LogP contribution in [0.5, 0.6) is 0 Å². The molecule has 0 spiro atoms. The summed E-state index contributed by atoms with van der Waals surface area (Å²) >= 11 is 0. The van der Waals surface area contributed by atoms with Crippen molar-refractivity contribution in [3.05, 3.63) is 212 Å². The second-order valence-corrected chi connectivity index (χ2v) is 13.8. The minimum absolute atomic E-state index is 0.00374. The molecule has 0 saturated heterocycles. The van der Waals surface area contributed by atoms with E-state index >= 15 is 0 Å². The summed E-state index contributed by atoms with van der Waals surface area (Å²) in [6, 6.07) is 36.5. The zero-order valence-corrected chi connectivity index (χ0v) is 30.6. The molecule has 0 radical (unpaired) electrons. The number of anilines is 2. The molecule has 2 unspecified atom stereocenters. The maximum Gasteiger partial charge on any atom is 0.0463 e. The van der Waals surface area contributed by atoms with Crippen LogP contribution < -0.4 is 10.2 Å². The van der Waals surface area contributed by atoms with Crippen molar-refractivity contribution in [1.82, 2.24) is 0 Å². The molecule has 52 heavy (non-hydrogen) atoms. The first-order valence-corrected chi connectivity index (χ1v) is 18.4. The Morgan fingerprint density at radius 1 is 0.827 bits per heavy atom. The van der Waals surface area contributed by atoms with Crippen LogP contribution in [0.25, 0.3) is 27.8 Å². The van der Waals surface area contributed by atoms with Crippen molar-refractivity contribution >= 4 is 16.9 Å². The first-order chi connectivity index (χ1) is 25.4. The minimum atomic E-state index is -0.00374. The lowest BCUT2D eigenvalue weighted by molar-refractivity contribution is 0.307. The summed E-state index contributed by atoms with van der Waals surface area (Å²) in [6.45, 7) is 17.0. The van der Waals surface area contributed by atoms with Crippen LogP contribution in [-0.4, -0.2) is 0 Å². The predicted octanol–water partition coefficient (Wildman–Crippen LogP) is 13.9. The lowest BCUT2D eigenvalue weighted by atomic mass is 9.69. The molecule has 0 aliphatic heterocycles. The average Bonchev–Trinajstić information content (AvgIpc) is 3.19. The van der Waals surface area contributed by atoms with Gasteiger partial charge >= 0.3 is 0 Å². The summed E-state index contributed by atoms with van der Waals surface area (Å²) < 4.78 is 0. The van der Waals surface area contributed by atoms with Gasteiger partial charge in [0.1, 0.15) is 0 Å². The molecule has 0 saturated carbocycles. The molecule has 4 aromatic rings. The number of nitrogens with one attached hydrogen (secondary N) is 1. The van der Waals surface area contributed by atoms with Crippen LogP contribution in [0.1, 0.15) is 45.1 Å². The molecule has 2 heteroatoms. The van der Waals surface area contributed by atoms with Gasteiger partial charge in [0.2, 0.25) is 0 Å². The van der Waals surface area contributed by atoms with Gasteiger partial charge in [0.15, 0.2) is 0 Å². The Morgan fingerprint density at radius 2 is 1.48 bits per heavy atom. The third kappa shape index (κ3) is 8.36. The Bertz CT molecular complexity index is 2070. The number of para-hydroxylation sites is 1. The number of unbranched alkanes of at least 4 members (excludes halogenated alkanes) is 1. The Kier molecular flexibility index (Phi) is 11.7. The van der Waals surface area contributed by atoms with Crippen LogP contribution in [0.15, 0.2) is 207 Å². The predicted molar refractivity (Wildman–Crippen MR) is 227 cm³/mol. The quantitative estimate of drug-likeness (QED) is 0.134. The fourth-order valence-electron chi connectivity index (χ4n) is 6.98. The third-order valence-corrected chi connectivity index (χ3v) is 10.1. The van der Waals surface area contributed by atoms with E-state index in [1.807, 2.05) is 18.2 Å². The molecule has 0 heterocycles. The van der Waals surface area contributed by atoms with Crippen molar-refractivity contribution in [3.63, 3.8) is 0 Å². The number of rotatable bonds is 14. The van der Waals surface area contributed by atoms with Crippen LogP contribution in [0.2, 0.25) is 0 Å². The lowest BCUT2D eigenvalue weighted by Crippen LogP contribution is -2.29. The second-order valence-electron chi connectivity index (χ2n) is 13.8. The van der Waals surface area contributed by atoms with Crippen LogP contribution >= 0.6 is 0 Å². The normalized spacial score (nSPS) is 18.4. The third-order valence-electron chi connectivity index (χ3n) is 10.1. The number of allylic oxidation sites excluding steroid dienone is 12. The van der Waals surface area contributed by atoms with Crippen molar-refractivity contribution < 1.29 is 0 Å². The van der Waals surface area contributed by atoms with Crippen molar-refractivity contribution in [2.75, 3.05) is 10.2 Å². The van der Waals surface area contributed by atoms with Crippen molar-refractivity contribution in [1.29, 1.82) is 0 Å². The highest BCUT2D eigenvalue weighted by molar-refractivity contribution is 5.81. The molecule has 6 rings (SSSR count). The van der Waals surface area contributed by atoms with Gasteiger partial charge in [-0.2, -0.15) is 0 Å². The molecule has 1 N–H and O–H groups in total. The highest BCUT2D eigenvalue weighted by atomic mass is 15.2. The highest BCUT2D eigenvalue weighted by Gasteiger charge is 2.32. The molecule has 2 atom stereocenters. The van der Waals surface area contributed by atoms with E-state index < -0.39 is 0 Å². The van der Waals surface area contributed by atoms with E-state index in [-0.39, 0.29) is 5.41 Å². The summed E-state index contributed by atoms with van der Waals surface area (Å²) in [5.41, 5.74) is 12.4. The van der Waals surface area contributed by atoms with Gasteiger partial charge in [-0.05, 0) is 101 Å². The van der Waals surface area contributed by atoms with Crippen LogP contribution in [0.3, 0.4) is 0 Å². The highest BCUT2D eigenvalue weighted by Crippen LogP contribution is 2.43. The molecule has 0 aromatic heterocycles. The molecular weight excluding hydrogens is 629 g/mol. The summed E-state index contributed by atoms with van der Waals surface area (Å²) in [6.07, 6.45) is 28.2. The second kappa shape index (κ2) is 16.9. The van der Waals surface area contributed by atoms with E-state index in [2.05, 4.69) is 196 Å². The molecule has 0 amide bonds. The Hall–Kier alpha value is -5.86. The largest absolute Gasteiger partial charge is 0.355 e. The van der Waals surface area contributed by atoms with E-state index in [1.165, 1.54) is 22.3 Å². The van der Waals surface area contributed by atoms with Gasteiger partial charge in [0.05, 0.1) is 0 Å². The molecule has 2 aliphatic rings. The van der Waals surface area contributed by atoms with E-state index in [0.717, 1.165) is 65.3 Å². The van der Waals surface area contributed by atoms with Crippen molar-refractivity contribution in [2.24, 2.45) is 11.3 Å². The first-order valence-electron chi connectivity index (χ1n) is 18.4. The Labute approximate surface area is 311 Å². The van der Waals surface area contributed by atoms with Crippen molar-refractivity contribution in [2.45, 2.75) is 39.5 Å². The zero-order chi connectivity index (χ0) is 36.3. The van der Waals surface area contributed by atoms with Gasteiger partial charge in [-0.15, -0.1) is 0 Å². The SMILES string of the molecule is C=C/C=C(\C=C)N(C1=CCC(C)(C2C=CC(Nc3ccccc3C(=C)/C=C\CCC)=CC2)C=C1)c1ccc(-c2ccc(-c3ccccc3)cc2)cc1. The smallest absolute Gasteiger partial charge is 0.0463 e. The molecule has 4 aromatic carbocycles. The lowest BCUT2D eigenvalue weighted by Gasteiger charge is -2.38. The average molecular weight is 679 g/mol. The van der Waals surface area contributed by atoms with Crippen molar-refractivity contribution in [3.8, 4) is 22.3 Å². The van der Waals surface area contributed by atoms with E-state index in [9.17, 15) is 0 Å². The Morgan fingerprint density at radius 3 is 2.08 bits per heavy atom. The Balaban J connectivity index is 1.15. The van der Waals surface area contributed by atoms with E-state index in [0.29, 0.717) is 5.92 Å². The number of hydrogen-bond donors (Lipinski definition) is 1. The molecular formula is C50H50N2. The molecule has 2 nitrogen and oxygen atoms in total. The van der Waals surface area contributed by atoms with Crippen LogP contribution in [-0.2, 0) is 0 Å². The van der Waals surface area contributed by atoms with Gasteiger partial charge in [-0.3, -0.25) is 0 Å². The monoisotopic (exact) mass is 678 g/mol. The summed E-state index contributed by atoms with van der Waals surface area (Å²) in [4.78, 5) is 2.27. The van der Waals surface area contributed by atoms with Gasteiger partial charge in [-0.1, -0.05) is 167 Å². The number of nitrogens with zero attached hydrogens (tertiary/aromatic N) is 1. The van der Waals surface area contributed by atoms with Gasteiger partial charge in [-0.25, -0.2) is 0 Å². The fourth-order valence-corrected chi connectivity index (χ4v) is 6.98. The standard InChI is InChI=1S/C50H50N2/c1-6-9-11-17-38(4)48-20-14-15-21-49(48)51-44-30-28-43(29-31-44)50(5)36-34-47(35-37-50)52(45(8-3)16-7-2)46-32-26-42(27-33-46)41-24-22-40(23-25-41)39-18-12-10-13-19-39/h7-8,10-28,30-36,43,51H,2-4,6,9,29,37H2,1,5H3/b17-11-,45-16+. The number of hydrogen-bond acceptors (Lipinski definition) is 2. The van der Waals surface area contributed by atoms with Gasteiger partial charge in [0.25, 0.3) is 0 Å². The topological polar surface area (TPSA) is 15.3 Å². The minimum Gasteiger partial charge on any atom is -0.355 e. The summed E-state index contributed by atoms with van der Waals surface area (Å²) in [5.74, 6) is 0.387. The molecule has 0 bridgehead atoms. The first kappa shape index (κ1) is 35.9. The van der Waals surface area contributed by atoms with Crippen LogP contribution in [0.4, 0.5) is 11.4 Å². The zero-order valence-electron chi connectivity index (χ0n) is 30.6. The maximum atomic E-state index is 4.33. The molecule has 0 fully saturated rings. The molecule has 260 valence electrons.